The van der Waals surface area contributed by atoms with Crippen LogP contribution in [0.5, 0.6) is 0 Å². The van der Waals surface area contributed by atoms with Gasteiger partial charge in [0.2, 0.25) is 11.8 Å². The Labute approximate surface area is 152 Å². The first-order valence-electron chi connectivity index (χ1n) is 8.93. The zero-order valence-electron chi connectivity index (χ0n) is 14.6. The van der Waals surface area contributed by atoms with Gasteiger partial charge in [-0.1, -0.05) is 6.07 Å². The molecule has 0 N–H and O–H groups in total. The molecule has 2 unspecified atom stereocenters. The largest absolute Gasteiger partial charge is 0.338 e. The SMILES string of the molecule is CC12CCC(=O)N1C(C(=O)N1CCN(Cc3cccnc3)CC1)CS2. The number of hydrogen-bond donors (Lipinski definition) is 0. The van der Waals surface area contributed by atoms with Gasteiger partial charge in [0, 0.05) is 57.3 Å². The second kappa shape index (κ2) is 6.61. The Kier molecular flexibility index (Phi) is 4.45. The van der Waals surface area contributed by atoms with Crippen LogP contribution in [0.25, 0.3) is 0 Å². The molecule has 0 aliphatic carbocycles. The van der Waals surface area contributed by atoms with Gasteiger partial charge in [0.25, 0.3) is 0 Å². The maximum absolute atomic E-state index is 13.0. The molecular weight excluding hydrogens is 336 g/mol. The second-order valence-electron chi connectivity index (χ2n) is 7.23. The van der Waals surface area contributed by atoms with E-state index in [1.54, 1.807) is 18.0 Å². The lowest BCUT2D eigenvalue weighted by molar-refractivity contribution is -0.144. The normalized spacial score (nSPS) is 30.0. The van der Waals surface area contributed by atoms with Crippen LogP contribution in [0.1, 0.15) is 25.3 Å². The molecule has 7 heteroatoms. The Morgan fingerprint density at radius 1 is 1.36 bits per heavy atom. The van der Waals surface area contributed by atoms with Gasteiger partial charge in [-0.15, -0.1) is 11.8 Å². The van der Waals surface area contributed by atoms with Gasteiger partial charge in [0.05, 0.1) is 4.87 Å². The van der Waals surface area contributed by atoms with E-state index in [1.165, 1.54) is 5.56 Å². The average molecular weight is 360 g/mol. The number of aromatic nitrogens is 1. The Balaban J connectivity index is 1.35. The summed E-state index contributed by atoms with van der Waals surface area (Å²) in [5.41, 5.74) is 1.20. The minimum atomic E-state index is -0.269. The molecule has 25 heavy (non-hydrogen) atoms. The van der Waals surface area contributed by atoms with Gasteiger partial charge < -0.3 is 9.80 Å². The molecular formula is C18H24N4O2S. The molecule has 0 saturated carbocycles. The molecule has 0 bridgehead atoms. The van der Waals surface area contributed by atoms with E-state index in [4.69, 9.17) is 0 Å². The number of piperazine rings is 1. The molecule has 2 atom stereocenters. The molecule has 3 fully saturated rings. The van der Waals surface area contributed by atoms with E-state index in [-0.39, 0.29) is 22.7 Å². The third kappa shape index (κ3) is 3.15. The Morgan fingerprint density at radius 3 is 2.88 bits per heavy atom. The van der Waals surface area contributed by atoms with Crippen molar-refractivity contribution in [2.24, 2.45) is 0 Å². The Bertz CT molecular complexity index is 662. The van der Waals surface area contributed by atoms with Crippen LogP contribution in [-0.2, 0) is 16.1 Å². The standard InChI is InChI=1S/C18H24N4O2S/c1-18-5-4-16(23)22(18)15(13-25-18)17(24)21-9-7-20(8-10-21)12-14-3-2-6-19-11-14/h2-3,6,11,15H,4-5,7-10,12-13H2,1H3. The van der Waals surface area contributed by atoms with Crippen molar-refractivity contribution in [1.82, 2.24) is 19.7 Å². The number of rotatable bonds is 3. The number of thioether (sulfide) groups is 1. The molecule has 0 radical (unpaired) electrons. The predicted molar refractivity (Wildman–Crippen MR) is 96.8 cm³/mol. The van der Waals surface area contributed by atoms with E-state index in [0.717, 1.165) is 44.9 Å². The molecule has 3 aliphatic heterocycles. The topological polar surface area (TPSA) is 56.8 Å². The van der Waals surface area contributed by atoms with Gasteiger partial charge in [0.1, 0.15) is 6.04 Å². The van der Waals surface area contributed by atoms with Crippen LogP contribution in [0.3, 0.4) is 0 Å². The third-order valence-corrected chi connectivity index (χ3v) is 7.05. The van der Waals surface area contributed by atoms with Gasteiger partial charge in [-0.3, -0.25) is 19.5 Å². The van der Waals surface area contributed by atoms with Gasteiger partial charge in [-0.2, -0.15) is 0 Å². The highest BCUT2D eigenvalue weighted by molar-refractivity contribution is 8.01. The summed E-state index contributed by atoms with van der Waals surface area (Å²) in [5, 5.41) is 0. The number of fused-ring (bicyclic) bond motifs is 1. The Morgan fingerprint density at radius 2 is 2.16 bits per heavy atom. The summed E-state index contributed by atoms with van der Waals surface area (Å²) in [4.78, 5) is 35.4. The maximum atomic E-state index is 13.0. The van der Waals surface area contributed by atoms with E-state index >= 15 is 0 Å². The maximum Gasteiger partial charge on any atom is 0.246 e. The zero-order valence-corrected chi connectivity index (χ0v) is 15.4. The van der Waals surface area contributed by atoms with E-state index < -0.39 is 0 Å². The summed E-state index contributed by atoms with van der Waals surface area (Å²) in [6.07, 6.45) is 5.12. The van der Waals surface area contributed by atoms with Crippen LogP contribution in [0.15, 0.2) is 24.5 Å². The van der Waals surface area contributed by atoms with Crippen LogP contribution in [0.2, 0.25) is 0 Å². The summed E-state index contributed by atoms with van der Waals surface area (Å²) >= 11 is 1.76. The smallest absolute Gasteiger partial charge is 0.246 e. The minimum Gasteiger partial charge on any atom is -0.338 e. The molecule has 0 spiro atoms. The van der Waals surface area contributed by atoms with Crippen LogP contribution < -0.4 is 0 Å². The predicted octanol–water partition coefficient (Wildman–Crippen LogP) is 1.18. The molecule has 3 aliphatic rings. The van der Waals surface area contributed by atoms with Crippen LogP contribution in [-0.4, -0.2) is 74.3 Å². The minimum absolute atomic E-state index is 0.132. The second-order valence-corrected chi connectivity index (χ2v) is 8.73. The third-order valence-electron chi connectivity index (χ3n) is 5.54. The summed E-state index contributed by atoms with van der Waals surface area (Å²) in [6.45, 7) is 6.18. The lowest BCUT2D eigenvalue weighted by Crippen LogP contribution is -2.56. The van der Waals surface area contributed by atoms with Crippen molar-refractivity contribution in [3.05, 3.63) is 30.1 Å². The monoisotopic (exact) mass is 360 g/mol. The van der Waals surface area contributed by atoms with Gasteiger partial charge >= 0.3 is 0 Å². The van der Waals surface area contributed by atoms with Gasteiger partial charge in [0.15, 0.2) is 0 Å². The van der Waals surface area contributed by atoms with Gasteiger partial charge in [-0.05, 0) is 25.0 Å². The van der Waals surface area contributed by atoms with E-state index in [9.17, 15) is 9.59 Å². The molecule has 3 saturated heterocycles. The van der Waals surface area contributed by atoms with E-state index in [2.05, 4.69) is 22.9 Å². The van der Waals surface area contributed by atoms with Crippen molar-refractivity contribution >= 4 is 23.6 Å². The summed E-state index contributed by atoms with van der Waals surface area (Å²) in [5.74, 6) is 1.00. The number of carbonyl (C=O) groups is 2. The van der Waals surface area contributed by atoms with Gasteiger partial charge in [-0.25, -0.2) is 0 Å². The quantitative estimate of drug-likeness (QED) is 0.810. The molecule has 4 heterocycles. The number of nitrogens with zero attached hydrogens (tertiary/aromatic N) is 4. The molecule has 1 aromatic rings. The highest BCUT2D eigenvalue weighted by Crippen LogP contribution is 2.47. The number of pyridine rings is 1. The highest BCUT2D eigenvalue weighted by Gasteiger charge is 2.53. The number of amides is 2. The van der Waals surface area contributed by atoms with Crippen LogP contribution in [0, 0.1) is 0 Å². The van der Waals surface area contributed by atoms with Crippen molar-refractivity contribution in [1.29, 1.82) is 0 Å². The van der Waals surface area contributed by atoms with Crippen LogP contribution >= 0.6 is 11.8 Å². The van der Waals surface area contributed by atoms with Crippen LogP contribution in [0.4, 0.5) is 0 Å². The van der Waals surface area contributed by atoms with Crippen molar-refractivity contribution < 1.29 is 9.59 Å². The first-order valence-corrected chi connectivity index (χ1v) is 9.91. The molecule has 4 rings (SSSR count). The summed E-state index contributed by atoms with van der Waals surface area (Å²) in [6, 6.07) is 3.77. The van der Waals surface area contributed by atoms with Crippen molar-refractivity contribution in [3.8, 4) is 0 Å². The van der Waals surface area contributed by atoms with E-state index in [1.807, 2.05) is 22.1 Å². The molecule has 134 valence electrons. The Hall–Kier alpha value is -1.60. The zero-order chi connectivity index (χ0) is 17.4. The average Bonchev–Trinajstić information content (AvgIpc) is 3.12. The lowest BCUT2D eigenvalue weighted by Gasteiger charge is -2.38. The lowest BCUT2D eigenvalue weighted by atomic mass is 10.1. The molecule has 6 nitrogen and oxygen atoms in total. The first-order chi connectivity index (χ1) is 12.1. The summed E-state index contributed by atoms with van der Waals surface area (Å²) in [7, 11) is 0. The van der Waals surface area contributed by atoms with E-state index in [0.29, 0.717) is 6.42 Å². The number of carbonyl (C=O) groups excluding carboxylic acids is 2. The van der Waals surface area contributed by atoms with Crippen molar-refractivity contribution in [2.45, 2.75) is 37.2 Å². The van der Waals surface area contributed by atoms with Crippen molar-refractivity contribution in [2.75, 3.05) is 31.9 Å². The molecule has 1 aromatic heterocycles. The molecule has 0 aromatic carbocycles. The summed E-state index contributed by atoms with van der Waals surface area (Å²) < 4.78 is 0. The fourth-order valence-electron chi connectivity index (χ4n) is 4.09. The number of hydrogen-bond acceptors (Lipinski definition) is 5. The van der Waals surface area contributed by atoms with Crippen molar-refractivity contribution in [3.63, 3.8) is 0 Å². The molecule has 2 amide bonds. The first kappa shape index (κ1) is 16.8. The fraction of sp³-hybridized carbons (Fsp3) is 0.611. The fourth-order valence-corrected chi connectivity index (χ4v) is 5.51. The highest BCUT2D eigenvalue weighted by atomic mass is 32.2.